The van der Waals surface area contributed by atoms with E-state index in [4.69, 9.17) is 0 Å². The molecule has 1 nitrogen and oxygen atoms in total. The molecule has 1 N–H and O–H groups in total. The van der Waals surface area contributed by atoms with Gasteiger partial charge < -0.3 is 5.11 Å². The van der Waals surface area contributed by atoms with E-state index in [1.54, 1.807) is 13.8 Å². The Labute approximate surface area is 124 Å². The summed E-state index contributed by atoms with van der Waals surface area (Å²) in [6, 6.07) is 0. The van der Waals surface area contributed by atoms with Crippen LogP contribution in [0.5, 0.6) is 0 Å². The highest BCUT2D eigenvalue weighted by Crippen LogP contribution is 2.47. The van der Waals surface area contributed by atoms with Gasteiger partial charge in [-0.05, 0) is 57.3 Å². The van der Waals surface area contributed by atoms with Crippen molar-refractivity contribution in [3.05, 3.63) is 49.1 Å². The largest absolute Gasteiger partial charge is 0.386 e. The van der Waals surface area contributed by atoms with Gasteiger partial charge in [0, 0.05) is 0 Å². The summed E-state index contributed by atoms with van der Waals surface area (Å²) in [4.78, 5) is 0. The first-order valence-corrected chi connectivity index (χ1v) is 7.55. The summed E-state index contributed by atoms with van der Waals surface area (Å²) in [6.07, 6.45) is 13.7. The van der Waals surface area contributed by atoms with E-state index in [0.29, 0.717) is 11.8 Å². The van der Waals surface area contributed by atoms with Gasteiger partial charge >= 0.3 is 0 Å². The maximum atomic E-state index is 9.63. The van der Waals surface area contributed by atoms with Crippen LogP contribution in [0, 0.1) is 17.3 Å². The summed E-state index contributed by atoms with van der Waals surface area (Å²) in [6.45, 7) is 16.2. The van der Waals surface area contributed by atoms with Gasteiger partial charge in [0.2, 0.25) is 0 Å². The molecule has 0 spiro atoms. The van der Waals surface area contributed by atoms with Crippen molar-refractivity contribution >= 4 is 0 Å². The molecule has 0 saturated heterocycles. The molecule has 3 atom stereocenters. The lowest BCUT2D eigenvalue weighted by Crippen LogP contribution is -2.32. The number of hydrogen-bond acceptors (Lipinski definition) is 1. The molecule has 20 heavy (non-hydrogen) atoms. The zero-order valence-corrected chi connectivity index (χ0v) is 13.5. The summed E-state index contributed by atoms with van der Waals surface area (Å²) in [7, 11) is 0. The zero-order valence-electron chi connectivity index (χ0n) is 13.5. The standard InChI is InChI=1S/C19H30O/c1-7-19(6)13-11-16(14-17(19)15(2)3)10-8-9-12-18(4,5)20/h7-10,12,16-17,20H,1-2,11,13-14H2,3-6H3/t16-,17+,19-/m0/s1. The quantitative estimate of drug-likeness (QED) is 0.549. The topological polar surface area (TPSA) is 20.2 Å². The van der Waals surface area contributed by atoms with Gasteiger partial charge in [0.1, 0.15) is 0 Å². The van der Waals surface area contributed by atoms with Crippen LogP contribution in [-0.2, 0) is 0 Å². The Morgan fingerprint density at radius 3 is 2.50 bits per heavy atom. The van der Waals surface area contributed by atoms with Crippen molar-refractivity contribution < 1.29 is 5.11 Å². The first kappa shape index (κ1) is 17.0. The SMILES string of the molecule is C=C[C@@]1(C)CC[C@H](C=CC=CC(C)(C)O)C[C@@H]1C(=C)C. The Balaban J connectivity index is 2.68. The summed E-state index contributed by atoms with van der Waals surface area (Å²) in [5, 5.41) is 9.63. The van der Waals surface area contributed by atoms with E-state index in [0.717, 1.165) is 12.8 Å². The van der Waals surface area contributed by atoms with Crippen LogP contribution in [0.3, 0.4) is 0 Å². The van der Waals surface area contributed by atoms with Crippen molar-refractivity contribution in [1.29, 1.82) is 0 Å². The number of rotatable bonds is 5. The number of hydrogen-bond donors (Lipinski definition) is 1. The molecular weight excluding hydrogens is 244 g/mol. The van der Waals surface area contributed by atoms with Crippen LogP contribution in [0.2, 0.25) is 0 Å². The lowest BCUT2D eigenvalue weighted by molar-refractivity contribution is 0.133. The summed E-state index contributed by atoms with van der Waals surface area (Å²) in [5.41, 5.74) is 0.718. The van der Waals surface area contributed by atoms with Crippen LogP contribution in [0.1, 0.15) is 47.0 Å². The third kappa shape index (κ3) is 4.79. The molecule has 0 radical (unpaired) electrons. The molecule has 0 aromatic carbocycles. The summed E-state index contributed by atoms with van der Waals surface area (Å²) in [5.74, 6) is 1.11. The van der Waals surface area contributed by atoms with Crippen LogP contribution in [0.25, 0.3) is 0 Å². The van der Waals surface area contributed by atoms with E-state index in [-0.39, 0.29) is 5.41 Å². The molecule has 0 heterocycles. The van der Waals surface area contributed by atoms with E-state index < -0.39 is 5.60 Å². The predicted molar refractivity (Wildman–Crippen MR) is 88.5 cm³/mol. The lowest BCUT2D eigenvalue weighted by Gasteiger charge is -2.42. The van der Waals surface area contributed by atoms with Crippen molar-refractivity contribution in [1.82, 2.24) is 0 Å². The summed E-state index contributed by atoms with van der Waals surface area (Å²) < 4.78 is 0. The van der Waals surface area contributed by atoms with E-state index >= 15 is 0 Å². The highest BCUT2D eigenvalue weighted by atomic mass is 16.3. The third-order valence-electron chi connectivity index (χ3n) is 4.45. The summed E-state index contributed by atoms with van der Waals surface area (Å²) >= 11 is 0. The lowest BCUT2D eigenvalue weighted by atomic mass is 9.62. The molecule has 1 saturated carbocycles. The fourth-order valence-electron chi connectivity index (χ4n) is 3.06. The fraction of sp³-hybridized carbons (Fsp3) is 0.579. The Kier molecular flexibility index (Phi) is 5.59. The van der Waals surface area contributed by atoms with Crippen LogP contribution >= 0.6 is 0 Å². The maximum absolute atomic E-state index is 9.63. The monoisotopic (exact) mass is 274 g/mol. The van der Waals surface area contributed by atoms with E-state index in [1.165, 1.54) is 12.0 Å². The van der Waals surface area contributed by atoms with E-state index in [9.17, 15) is 5.11 Å². The van der Waals surface area contributed by atoms with Gasteiger partial charge in [0.25, 0.3) is 0 Å². The van der Waals surface area contributed by atoms with Gasteiger partial charge in [-0.25, -0.2) is 0 Å². The van der Waals surface area contributed by atoms with Crippen LogP contribution in [0.15, 0.2) is 49.1 Å². The minimum absolute atomic E-state index is 0.194. The highest BCUT2D eigenvalue weighted by molar-refractivity contribution is 5.15. The second-order valence-electron chi connectivity index (χ2n) is 7.04. The number of aliphatic hydroxyl groups is 1. The van der Waals surface area contributed by atoms with Gasteiger partial charge in [-0.15, -0.1) is 6.58 Å². The highest BCUT2D eigenvalue weighted by Gasteiger charge is 2.37. The van der Waals surface area contributed by atoms with Crippen LogP contribution < -0.4 is 0 Å². The average molecular weight is 274 g/mol. The van der Waals surface area contributed by atoms with Crippen molar-refractivity contribution in [2.24, 2.45) is 17.3 Å². The van der Waals surface area contributed by atoms with E-state index in [2.05, 4.69) is 45.2 Å². The van der Waals surface area contributed by atoms with Gasteiger partial charge in [-0.1, -0.05) is 49.5 Å². The molecule has 1 heteroatoms. The molecule has 1 aliphatic carbocycles. The molecule has 0 bridgehead atoms. The second-order valence-corrected chi connectivity index (χ2v) is 7.04. The fourth-order valence-corrected chi connectivity index (χ4v) is 3.06. The van der Waals surface area contributed by atoms with Crippen molar-refractivity contribution in [3.8, 4) is 0 Å². The Morgan fingerprint density at radius 1 is 1.35 bits per heavy atom. The van der Waals surface area contributed by atoms with Crippen LogP contribution in [-0.4, -0.2) is 10.7 Å². The van der Waals surface area contributed by atoms with Crippen molar-refractivity contribution in [3.63, 3.8) is 0 Å². The maximum Gasteiger partial charge on any atom is 0.0774 e. The molecule has 0 aliphatic heterocycles. The van der Waals surface area contributed by atoms with Gasteiger partial charge in [0.15, 0.2) is 0 Å². The Bertz CT molecular complexity index is 408. The normalized spacial score (nSPS) is 31.9. The molecule has 0 amide bonds. The Hall–Kier alpha value is -1.08. The predicted octanol–water partition coefficient (Wildman–Crippen LogP) is 5.05. The average Bonchev–Trinajstić information content (AvgIpc) is 2.35. The molecule has 1 fully saturated rings. The molecule has 1 aliphatic rings. The molecule has 112 valence electrons. The van der Waals surface area contributed by atoms with Crippen molar-refractivity contribution in [2.45, 2.75) is 52.6 Å². The number of allylic oxidation sites excluding steroid dienone is 5. The van der Waals surface area contributed by atoms with Gasteiger partial charge in [0.05, 0.1) is 5.60 Å². The minimum Gasteiger partial charge on any atom is -0.386 e. The first-order valence-electron chi connectivity index (χ1n) is 7.55. The van der Waals surface area contributed by atoms with Gasteiger partial charge in [-0.3, -0.25) is 0 Å². The second kappa shape index (κ2) is 6.58. The molecule has 1 rings (SSSR count). The third-order valence-corrected chi connectivity index (χ3v) is 4.45. The van der Waals surface area contributed by atoms with Crippen molar-refractivity contribution in [2.75, 3.05) is 0 Å². The van der Waals surface area contributed by atoms with Crippen LogP contribution in [0.4, 0.5) is 0 Å². The minimum atomic E-state index is -0.738. The smallest absolute Gasteiger partial charge is 0.0774 e. The molecule has 0 aromatic heterocycles. The molecule has 0 aromatic rings. The molecule has 0 unspecified atom stereocenters. The van der Waals surface area contributed by atoms with Gasteiger partial charge in [-0.2, -0.15) is 0 Å². The van der Waals surface area contributed by atoms with E-state index in [1.807, 2.05) is 12.2 Å². The first-order chi connectivity index (χ1) is 9.18. The zero-order chi connectivity index (χ0) is 15.4. The Morgan fingerprint density at radius 2 is 2.00 bits per heavy atom. The molecular formula is C19H30O.